The van der Waals surface area contributed by atoms with Gasteiger partial charge in [-0.05, 0) is 49.5 Å². The molecule has 0 bridgehead atoms. The first kappa shape index (κ1) is 13.7. The van der Waals surface area contributed by atoms with Gasteiger partial charge in [0.15, 0.2) is 0 Å². The predicted molar refractivity (Wildman–Crippen MR) is 78.3 cm³/mol. The van der Waals surface area contributed by atoms with Gasteiger partial charge in [-0.2, -0.15) is 0 Å². The van der Waals surface area contributed by atoms with Crippen LogP contribution in [0.4, 0.5) is 5.69 Å². The molecule has 3 nitrogen and oxygen atoms in total. The van der Waals surface area contributed by atoms with E-state index in [1.165, 1.54) is 0 Å². The zero-order valence-electron chi connectivity index (χ0n) is 11.1. The van der Waals surface area contributed by atoms with Crippen molar-refractivity contribution >= 4 is 17.3 Å². The molecule has 1 aromatic carbocycles. The van der Waals surface area contributed by atoms with E-state index in [2.05, 4.69) is 17.4 Å². The number of nitrogens with two attached hydrogens (primary N) is 1. The van der Waals surface area contributed by atoms with Gasteiger partial charge in [-0.15, -0.1) is 0 Å². The van der Waals surface area contributed by atoms with E-state index in [-0.39, 0.29) is 6.04 Å². The summed E-state index contributed by atoms with van der Waals surface area (Å²) >= 11 is 6.37. The molecule has 0 saturated carbocycles. The molecule has 100 valence electrons. The summed E-state index contributed by atoms with van der Waals surface area (Å²) in [5, 5.41) is 4.15. The second kappa shape index (κ2) is 5.91. The van der Waals surface area contributed by atoms with Gasteiger partial charge in [0, 0.05) is 30.8 Å². The largest absolute Gasteiger partial charge is 0.378 e. The second-order valence-corrected chi connectivity index (χ2v) is 5.62. The van der Waals surface area contributed by atoms with Crippen molar-refractivity contribution in [2.45, 2.75) is 18.9 Å². The Morgan fingerprint density at radius 3 is 2.56 bits per heavy atom. The molecular formula is C14H22ClN3. The maximum atomic E-state index is 6.37. The van der Waals surface area contributed by atoms with Crippen LogP contribution in [0, 0.1) is 5.92 Å². The minimum Gasteiger partial charge on any atom is -0.378 e. The summed E-state index contributed by atoms with van der Waals surface area (Å²) in [5.41, 5.74) is 8.56. The first-order valence-electron chi connectivity index (χ1n) is 6.52. The molecule has 1 aliphatic rings. The van der Waals surface area contributed by atoms with E-state index in [1.807, 2.05) is 25.1 Å². The molecule has 0 radical (unpaired) electrons. The maximum absolute atomic E-state index is 6.37. The van der Waals surface area contributed by atoms with Crippen LogP contribution in [0.5, 0.6) is 0 Å². The standard InChI is InChI=1S/C14H22ClN3/c1-18(2)11-3-4-12(13(15)9-11)14(16)10-5-7-17-8-6-10/h3-4,9-10,14,17H,5-8,16H2,1-2H3/t14-/m1/s1. The van der Waals surface area contributed by atoms with E-state index in [4.69, 9.17) is 17.3 Å². The zero-order chi connectivity index (χ0) is 13.1. The highest BCUT2D eigenvalue weighted by Gasteiger charge is 2.23. The third-order valence-corrected chi connectivity index (χ3v) is 4.08. The van der Waals surface area contributed by atoms with E-state index in [0.29, 0.717) is 5.92 Å². The number of anilines is 1. The Bertz CT molecular complexity index is 400. The highest BCUT2D eigenvalue weighted by molar-refractivity contribution is 6.31. The van der Waals surface area contributed by atoms with Crippen molar-refractivity contribution in [3.8, 4) is 0 Å². The maximum Gasteiger partial charge on any atom is 0.0474 e. The van der Waals surface area contributed by atoms with Gasteiger partial charge < -0.3 is 16.0 Å². The molecule has 3 N–H and O–H groups in total. The molecular weight excluding hydrogens is 246 g/mol. The van der Waals surface area contributed by atoms with E-state index in [0.717, 1.165) is 42.2 Å². The lowest BCUT2D eigenvalue weighted by Gasteiger charge is -2.29. The van der Waals surface area contributed by atoms with Gasteiger partial charge in [0.1, 0.15) is 0 Å². The average Bonchev–Trinajstić information content (AvgIpc) is 2.38. The molecule has 0 aromatic heterocycles. The Morgan fingerprint density at radius 2 is 2.00 bits per heavy atom. The molecule has 1 aromatic rings. The Balaban J connectivity index is 2.16. The summed E-state index contributed by atoms with van der Waals surface area (Å²) < 4.78 is 0. The third kappa shape index (κ3) is 2.97. The summed E-state index contributed by atoms with van der Waals surface area (Å²) in [6, 6.07) is 6.21. The molecule has 1 fully saturated rings. The Morgan fingerprint density at radius 1 is 1.33 bits per heavy atom. The van der Waals surface area contributed by atoms with Crippen molar-refractivity contribution in [1.82, 2.24) is 5.32 Å². The lowest BCUT2D eigenvalue weighted by Crippen LogP contribution is -2.33. The normalized spacial score (nSPS) is 18.7. The molecule has 1 aliphatic heterocycles. The number of hydrogen-bond acceptors (Lipinski definition) is 3. The first-order valence-corrected chi connectivity index (χ1v) is 6.90. The summed E-state index contributed by atoms with van der Waals surface area (Å²) in [5.74, 6) is 0.536. The van der Waals surface area contributed by atoms with Crippen LogP contribution in [0.3, 0.4) is 0 Å². The number of hydrogen-bond donors (Lipinski definition) is 2. The molecule has 1 saturated heterocycles. The summed E-state index contributed by atoms with van der Waals surface area (Å²) in [6.07, 6.45) is 2.26. The van der Waals surface area contributed by atoms with Gasteiger partial charge >= 0.3 is 0 Å². The molecule has 0 aliphatic carbocycles. The summed E-state index contributed by atoms with van der Waals surface area (Å²) in [6.45, 7) is 2.12. The van der Waals surface area contributed by atoms with Crippen LogP contribution in [-0.2, 0) is 0 Å². The third-order valence-electron chi connectivity index (χ3n) is 3.75. The molecule has 0 spiro atoms. The predicted octanol–water partition coefficient (Wildman–Crippen LogP) is 2.41. The van der Waals surface area contributed by atoms with Gasteiger partial charge in [0.2, 0.25) is 0 Å². The summed E-state index contributed by atoms with van der Waals surface area (Å²) in [7, 11) is 4.02. The monoisotopic (exact) mass is 267 g/mol. The van der Waals surface area contributed by atoms with Crippen LogP contribution in [-0.4, -0.2) is 27.2 Å². The quantitative estimate of drug-likeness (QED) is 0.884. The SMILES string of the molecule is CN(C)c1ccc([C@H](N)C2CCNCC2)c(Cl)c1. The van der Waals surface area contributed by atoms with Crippen molar-refractivity contribution in [2.24, 2.45) is 11.7 Å². The van der Waals surface area contributed by atoms with Crippen molar-refractivity contribution in [3.63, 3.8) is 0 Å². The van der Waals surface area contributed by atoms with Crippen molar-refractivity contribution in [1.29, 1.82) is 0 Å². The van der Waals surface area contributed by atoms with E-state index >= 15 is 0 Å². The van der Waals surface area contributed by atoms with Gasteiger partial charge in [0.25, 0.3) is 0 Å². The van der Waals surface area contributed by atoms with Crippen molar-refractivity contribution in [2.75, 3.05) is 32.1 Å². The lowest BCUT2D eigenvalue weighted by atomic mass is 9.86. The summed E-state index contributed by atoms with van der Waals surface area (Å²) in [4.78, 5) is 2.05. The van der Waals surface area contributed by atoms with Gasteiger partial charge in [-0.25, -0.2) is 0 Å². The molecule has 0 amide bonds. The molecule has 2 rings (SSSR count). The van der Waals surface area contributed by atoms with E-state index in [9.17, 15) is 0 Å². The van der Waals surface area contributed by atoms with E-state index in [1.54, 1.807) is 0 Å². The minimum atomic E-state index is 0.0517. The molecule has 4 heteroatoms. The van der Waals surface area contributed by atoms with Gasteiger partial charge in [-0.3, -0.25) is 0 Å². The van der Waals surface area contributed by atoms with Crippen LogP contribution in [0.15, 0.2) is 18.2 Å². The van der Waals surface area contributed by atoms with E-state index < -0.39 is 0 Å². The smallest absolute Gasteiger partial charge is 0.0474 e. The highest BCUT2D eigenvalue weighted by Crippen LogP contribution is 2.33. The molecule has 1 heterocycles. The van der Waals surface area contributed by atoms with Crippen LogP contribution in [0.2, 0.25) is 5.02 Å². The van der Waals surface area contributed by atoms with Crippen molar-refractivity contribution < 1.29 is 0 Å². The number of benzene rings is 1. The minimum absolute atomic E-state index is 0.0517. The number of nitrogens with one attached hydrogen (secondary N) is 1. The Labute approximate surface area is 114 Å². The van der Waals surface area contributed by atoms with Crippen LogP contribution < -0.4 is 16.0 Å². The fraction of sp³-hybridized carbons (Fsp3) is 0.571. The number of nitrogens with zero attached hydrogens (tertiary/aromatic N) is 1. The highest BCUT2D eigenvalue weighted by atomic mass is 35.5. The van der Waals surface area contributed by atoms with Crippen LogP contribution >= 0.6 is 11.6 Å². The van der Waals surface area contributed by atoms with Crippen LogP contribution in [0.25, 0.3) is 0 Å². The Hall–Kier alpha value is -0.770. The number of piperidine rings is 1. The molecule has 1 atom stereocenters. The molecule has 18 heavy (non-hydrogen) atoms. The Kier molecular flexibility index (Phi) is 4.49. The van der Waals surface area contributed by atoms with Crippen LogP contribution in [0.1, 0.15) is 24.4 Å². The lowest BCUT2D eigenvalue weighted by molar-refractivity contribution is 0.322. The topological polar surface area (TPSA) is 41.3 Å². The number of rotatable bonds is 3. The van der Waals surface area contributed by atoms with Gasteiger partial charge in [-0.1, -0.05) is 17.7 Å². The number of halogens is 1. The average molecular weight is 268 g/mol. The second-order valence-electron chi connectivity index (χ2n) is 5.21. The fourth-order valence-corrected chi connectivity index (χ4v) is 2.82. The zero-order valence-corrected chi connectivity index (χ0v) is 11.9. The molecule has 0 unspecified atom stereocenters. The fourth-order valence-electron chi connectivity index (χ4n) is 2.52. The first-order chi connectivity index (χ1) is 8.59. The van der Waals surface area contributed by atoms with Crippen molar-refractivity contribution in [3.05, 3.63) is 28.8 Å². The van der Waals surface area contributed by atoms with Gasteiger partial charge in [0.05, 0.1) is 0 Å².